The molecule has 1 aromatic carbocycles. The molecule has 2 rings (SSSR count). The maximum absolute atomic E-state index is 5.82. The molecule has 1 atom stereocenters. The van der Waals surface area contributed by atoms with Crippen molar-refractivity contribution in [3.63, 3.8) is 0 Å². The summed E-state index contributed by atoms with van der Waals surface area (Å²) in [6.45, 7) is 5.98. The van der Waals surface area contributed by atoms with Gasteiger partial charge in [-0.3, -0.25) is 4.98 Å². The highest BCUT2D eigenvalue weighted by molar-refractivity contribution is 5.39. The second kappa shape index (κ2) is 5.19. The standard InChI is InChI=1S/C15H18N2O/c1-10-4-5-11(2)15(8-10)18-13-6-7-14(12(3)16)17-9-13/h4-9,12H,16H2,1-3H3. The number of nitrogens with zero attached hydrogens (tertiary/aromatic N) is 1. The number of benzene rings is 1. The number of ether oxygens (including phenoxy) is 1. The van der Waals surface area contributed by atoms with Crippen molar-refractivity contribution in [2.75, 3.05) is 0 Å². The molecule has 18 heavy (non-hydrogen) atoms. The second-order valence-corrected chi connectivity index (χ2v) is 4.58. The van der Waals surface area contributed by atoms with Crippen molar-refractivity contribution in [1.29, 1.82) is 0 Å². The van der Waals surface area contributed by atoms with Gasteiger partial charge in [0.05, 0.1) is 11.9 Å². The number of nitrogens with two attached hydrogens (primary N) is 1. The van der Waals surface area contributed by atoms with Crippen LogP contribution in [0, 0.1) is 13.8 Å². The molecule has 0 bridgehead atoms. The minimum atomic E-state index is -0.0558. The van der Waals surface area contributed by atoms with E-state index >= 15 is 0 Å². The largest absolute Gasteiger partial charge is 0.455 e. The summed E-state index contributed by atoms with van der Waals surface area (Å²) in [5, 5.41) is 0. The van der Waals surface area contributed by atoms with Crippen molar-refractivity contribution >= 4 is 0 Å². The molecule has 1 heterocycles. The lowest BCUT2D eigenvalue weighted by molar-refractivity contribution is 0.475. The van der Waals surface area contributed by atoms with Gasteiger partial charge >= 0.3 is 0 Å². The van der Waals surface area contributed by atoms with E-state index in [0.717, 1.165) is 22.8 Å². The van der Waals surface area contributed by atoms with Crippen LogP contribution in [0.4, 0.5) is 0 Å². The Balaban J connectivity index is 2.21. The quantitative estimate of drug-likeness (QED) is 0.896. The summed E-state index contributed by atoms with van der Waals surface area (Å²) in [5.74, 6) is 1.60. The topological polar surface area (TPSA) is 48.1 Å². The third-order valence-electron chi connectivity index (χ3n) is 2.80. The average Bonchev–Trinajstić information content (AvgIpc) is 2.34. The van der Waals surface area contributed by atoms with Crippen LogP contribution < -0.4 is 10.5 Å². The van der Waals surface area contributed by atoms with Crippen molar-refractivity contribution in [3.8, 4) is 11.5 Å². The van der Waals surface area contributed by atoms with Crippen molar-refractivity contribution in [2.45, 2.75) is 26.8 Å². The van der Waals surface area contributed by atoms with Crippen LogP contribution in [0.3, 0.4) is 0 Å². The Labute approximate surface area is 108 Å². The highest BCUT2D eigenvalue weighted by Crippen LogP contribution is 2.25. The predicted octanol–water partition coefficient (Wildman–Crippen LogP) is 3.51. The third-order valence-corrected chi connectivity index (χ3v) is 2.80. The Hall–Kier alpha value is -1.87. The molecule has 0 saturated carbocycles. The van der Waals surface area contributed by atoms with Crippen molar-refractivity contribution in [1.82, 2.24) is 4.98 Å². The molecule has 0 aliphatic carbocycles. The van der Waals surface area contributed by atoms with E-state index in [-0.39, 0.29) is 6.04 Å². The van der Waals surface area contributed by atoms with E-state index in [2.05, 4.69) is 17.1 Å². The molecule has 0 amide bonds. The highest BCUT2D eigenvalue weighted by Gasteiger charge is 2.04. The lowest BCUT2D eigenvalue weighted by atomic mass is 10.1. The van der Waals surface area contributed by atoms with Crippen LogP contribution in [-0.4, -0.2) is 4.98 Å². The Morgan fingerprint density at radius 3 is 2.56 bits per heavy atom. The fraction of sp³-hybridized carbons (Fsp3) is 0.267. The van der Waals surface area contributed by atoms with E-state index in [0.29, 0.717) is 0 Å². The van der Waals surface area contributed by atoms with Gasteiger partial charge in [-0.1, -0.05) is 12.1 Å². The maximum Gasteiger partial charge on any atom is 0.145 e. The Morgan fingerprint density at radius 1 is 1.17 bits per heavy atom. The van der Waals surface area contributed by atoms with Gasteiger partial charge in [-0.2, -0.15) is 0 Å². The summed E-state index contributed by atoms with van der Waals surface area (Å²) in [4.78, 5) is 4.28. The number of aryl methyl sites for hydroxylation is 2. The molecule has 94 valence electrons. The van der Waals surface area contributed by atoms with Crippen molar-refractivity contribution in [2.24, 2.45) is 5.73 Å². The van der Waals surface area contributed by atoms with E-state index in [9.17, 15) is 0 Å². The summed E-state index contributed by atoms with van der Waals surface area (Å²) < 4.78 is 5.82. The van der Waals surface area contributed by atoms with Gasteiger partial charge in [0.15, 0.2) is 0 Å². The van der Waals surface area contributed by atoms with Gasteiger partial charge in [-0.05, 0) is 50.1 Å². The van der Waals surface area contributed by atoms with Crippen LogP contribution in [-0.2, 0) is 0 Å². The zero-order valence-corrected chi connectivity index (χ0v) is 11.0. The van der Waals surface area contributed by atoms with Crippen LogP contribution in [0.1, 0.15) is 29.8 Å². The fourth-order valence-corrected chi connectivity index (χ4v) is 1.67. The Morgan fingerprint density at radius 2 is 1.94 bits per heavy atom. The van der Waals surface area contributed by atoms with Crippen molar-refractivity contribution in [3.05, 3.63) is 53.3 Å². The minimum Gasteiger partial charge on any atom is -0.455 e. The van der Waals surface area contributed by atoms with Crippen LogP contribution in [0.25, 0.3) is 0 Å². The summed E-state index contributed by atoms with van der Waals surface area (Å²) in [6.07, 6.45) is 1.71. The molecular weight excluding hydrogens is 224 g/mol. The third kappa shape index (κ3) is 2.87. The van der Waals surface area contributed by atoms with Gasteiger partial charge in [0, 0.05) is 6.04 Å². The molecule has 0 aliphatic heterocycles. The molecule has 0 spiro atoms. The summed E-state index contributed by atoms with van der Waals surface area (Å²) in [7, 11) is 0. The van der Waals surface area contributed by atoms with Gasteiger partial charge in [-0.15, -0.1) is 0 Å². The molecule has 1 unspecified atom stereocenters. The van der Waals surface area contributed by atoms with Crippen LogP contribution in [0.2, 0.25) is 0 Å². The van der Waals surface area contributed by atoms with Gasteiger partial charge in [0.2, 0.25) is 0 Å². The first-order valence-corrected chi connectivity index (χ1v) is 6.03. The van der Waals surface area contributed by atoms with E-state index in [1.807, 2.05) is 39.0 Å². The van der Waals surface area contributed by atoms with Crippen LogP contribution >= 0.6 is 0 Å². The monoisotopic (exact) mass is 242 g/mol. The smallest absolute Gasteiger partial charge is 0.145 e. The minimum absolute atomic E-state index is 0.0558. The maximum atomic E-state index is 5.82. The van der Waals surface area contributed by atoms with Gasteiger partial charge < -0.3 is 10.5 Å². The van der Waals surface area contributed by atoms with Gasteiger partial charge in [-0.25, -0.2) is 0 Å². The Bertz CT molecular complexity index is 533. The average molecular weight is 242 g/mol. The summed E-state index contributed by atoms with van der Waals surface area (Å²) in [5.41, 5.74) is 8.91. The number of pyridine rings is 1. The number of hydrogen-bond donors (Lipinski definition) is 1. The molecule has 0 fully saturated rings. The number of aromatic nitrogens is 1. The molecule has 3 nitrogen and oxygen atoms in total. The molecule has 0 aliphatic rings. The van der Waals surface area contributed by atoms with Gasteiger partial charge in [0.25, 0.3) is 0 Å². The molecular formula is C15H18N2O. The molecule has 0 radical (unpaired) electrons. The summed E-state index contributed by atoms with van der Waals surface area (Å²) >= 11 is 0. The molecule has 1 aromatic heterocycles. The first-order valence-electron chi connectivity index (χ1n) is 6.03. The van der Waals surface area contributed by atoms with Crippen LogP contribution in [0.15, 0.2) is 36.5 Å². The molecule has 3 heteroatoms. The predicted molar refractivity (Wildman–Crippen MR) is 72.8 cm³/mol. The number of hydrogen-bond acceptors (Lipinski definition) is 3. The Kier molecular flexibility index (Phi) is 3.63. The fourth-order valence-electron chi connectivity index (χ4n) is 1.67. The molecule has 2 aromatic rings. The highest BCUT2D eigenvalue weighted by atomic mass is 16.5. The zero-order chi connectivity index (χ0) is 13.1. The summed E-state index contributed by atoms with van der Waals surface area (Å²) in [6, 6.07) is 9.88. The number of rotatable bonds is 3. The van der Waals surface area contributed by atoms with E-state index in [1.54, 1.807) is 6.20 Å². The zero-order valence-electron chi connectivity index (χ0n) is 11.0. The van der Waals surface area contributed by atoms with E-state index in [4.69, 9.17) is 10.5 Å². The second-order valence-electron chi connectivity index (χ2n) is 4.58. The van der Waals surface area contributed by atoms with E-state index < -0.39 is 0 Å². The van der Waals surface area contributed by atoms with Crippen LogP contribution in [0.5, 0.6) is 11.5 Å². The SMILES string of the molecule is Cc1ccc(C)c(Oc2ccc(C(C)N)nc2)c1. The lowest BCUT2D eigenvalue weighted by Gasteiger charge is -2.10. The molecule has 0 saturated heterocycles. The van der Waals surface area contributed by atoms with Gasteiger partial charge in [0.1, 0.15) is 11.5 Å². The lowest BCUT2D eigenvalue weighted by Crippen LogP contribution is -2.06. The molecule has 2 N–H and O–H groups in total. The van der Waals surface area contributed by atoms with E-state index in [1.165, 1.54) is 5.56 Å². The first-order chi connectivity index (χ1) is 8.56. The van der Waals surface area contributed by atoms with Crippen molar-refractivity contribution < 1.29 is 4.74 Å². The normalized spacial score (nSPS) is 12.2. The first kappa shape index (κ1) is 12.6.